The lowest BCUT2D eigenvalue weighted by Gasteiger charge is -2.15. The Hall–Kier alpha value is -1.85. The highest BCUT2D eigenvalue weighted by Crippen LogP contribution is 2.32. The minimum Gasteiger partial charge on any atom is -0.497 e. The second-order valence-electron chi connectivity index (χ2n) is 4.02. The van der Waals surface area contributed by atoms with Crippen LogP contribution in [0.5, 0.6) is 5.75 Å². The molecule has 1 aliphatic rings. The molecule has 100 valence electrons. The van der Waals surface area contributed by atoms with E-state index in [9.17, 15) is 13.6 Å². The molecule has 1 aromatic carbocycles. The number of hydrogen-bond donors (Lipinski definition) is 1. The summed E-state index contributed by atoms with van der Waals surface area (Å²) in [5.41, 5.74) is -0.196. The van der Waals surface area contributed by atoms with Crippen molar-refractivity contribution in [3.05, 3.63) is 29.3 Å². The second-order valence-corrected chi connectivity index (χ2v) is 4.20. The summed E-state index contributed by atoms with van der Waals surface area (Å²) in [6, 6.07) is 1.19. The van der Waals surface area contributed by atoms with Gasteiger partial charge in [-0.2, -0.15) is 0 Å². The maximum absolute atomic E-state index is 13.9. The van der Waals surface area contributed by atoms with Crippen molar-refractivity contribution in [2.24, 2.45) is 4.99 Å². The van der Waals surface area contributed by atoms with E-state index in [4.69, 9.17) is 4.74 Å². The first-order valence-corrected chi connectivity index (χ1v) is 5.87. The highest BCUT2D eigenvalue weighted by atomic mass is 32.1. The Morgan fingerprint density at radius 1 is 1.47 bits per heavy atom. The van der Waals surface area contributed by atoms with Gasteiger partial charge in [0.15, 0.2) is 0 Å². The number of halogens is 2. The molecule has 0 aliphatic carbocycles. The van der Waals surface area contributed by atoms with E-state index < -0.39 is 29.5 Å². The van der Waals surface area contributed by atoms with E-state index >= 15 is 0 Å². The standard InChI is InChI=1S/C12H10F2N2O2S/c1-18-6-2-8(13)10(9(14)3-6)7-4-15-12(17)11(7)16-5-19/h2-3,7,11H,4H2,1H3,(H,15,17)/t7?,11-/m1/s1. The highest BCUT2D eigenvalue weighted by molar-refractivity contribution is 7.78. The van der Waals surface area contributed by atoms with Gasteiger partial charge in [-0.05, 0) is 12.2 Å². The molecule has 1 aromatic rings. The summed E-state index contributed by atoms with van der Waals surface area (Å²) in [4.78, 5) is 15.2. The lowest BCUT2D eigenvalue weighted by atomic mass is 9.93. The molecule has 0 spiro atoms. The molecule has 0 radical (unpaired) electrons. The molecule has 1 unspecified atom stereocenters. The minimum absolute atomic E-state index is 0.0749. The van der Waals surface area contributed by atoms with Crippen molar-refractivity contribution in [3.63, 3.8) is 0 Å². The fourth-order valence-corrected chi connectivity index (χ4v) is 2.22. The van der Waals surface area contributed by atoms with Crippen LogP contribution in [-0.4, -0.2) is 30.8 Å². The molecule has 0 aromatic heterocycles. The molecule has 1 saturated heterocycles. The summed E-state index contributed by atoms with van der Waals surface area (Å²) < 4.78 is 32.7. The Kier molecular flexibility index (Phi) is 3.87. The van der Waals surface area contributed by atoms with Crippen LogP contribution in [0.1, 0.15) is 11.5 Å². The highest BCUT2D eigenvalue weighted by Gasteiger charge is 2.38. The number of rotatable bonds is 3. The normalized spacial score (nSPS) is 21.7. The van der Waals surface area contributed by atoms with Crippen molar-refractivity contribution < 1.29 is 18.3 Å². The zero-order chi connectivity index (χ0) is 14.0. The molecular formula is C12H10F2N2O2S. The number of nitrogens with zero attached hydrogens (tertiary/aromatic N) is 1. The average Bonchev–Trinajstić information content (AvgIpc) is 2.71. The van der Waals surface area contributed by atoms with Crippen LogP contribution in [0.2, 0.25) is 0 Å². The number of thiocarbonyl (C=S) groups is 1. The van der Waals surface area contributed by atoms with Crippen molar-refractivity contribution in [2.75, 3.05) is 13.7 Å². The molecule has 2 atom stereocenters. The van der Waals surface area contributed by atoms with Crippen LogP contribution >= 0.6 is 12.2 Å². The SMILES string of the molecule is COc1cc(F)c(C2CNC(=O)[C@@H]2N=C=S)c(F)c1. The van der Waals surface area contributed by atoms with E-state index in [0.29, 0.717) is 0 Å². The smallest absolute Gasteiger partial charge is 0.246 e. The van der Waals surface area contributed by atoms with E-state index in [0.717, 1.165) is 12.1 Å². The number of carbonyl (C=O) groups excluding carboxylic acids is 1. The lowest BCUT2D eigenvalue weighted by Crippen LogP contribution is -2.23. The number of nitrogens with one attached hydrogen (secondary N) is 1. The Balaban J connectivity index is 2.47. The first-order valence-electron chi connectivity index (χ1n) is 5.46. The molecule has 0 bridgehead atoms. The monoisotopic (exact) mass is 284 g/mol. The van der Waals surface area contributed by atoms with Gasteiger partial charge in [-0.15, -0.1) is 0 Å². The second kappa shape index (κ2) is 5.42. The first kappa shape index (κ1) is 13.6. The van der Waals surface area contributed by atoms with Crippen molar-refractivity contribution in [3.8, 4) is 5.75 Å². The van der Waals surface area contributed by atoms with Crippen LogP contribution in [0.25, 0.3) is 0 Å². The summed E-state index contributed by atoms with van der Waals surface area (Å²) in [5.74, 6) is -2.64. The van der Waals surface area contributed by atoms with E-state index in [1.54, 1.807) is 0 Å². The fourth-order valence-electron chi connectivity index (χ4n) is 2.11. The Bertz CT molecular complexity index is 550. The van der Waals surface area contributed by atoms with Gasteiger partial charge in [0.2, 0.25) is 5.91 Å². The van der Waals surface area contributed by atoms with Gasteiger partial charge in [0, 0.05) is 30.2 Å². The first-order chi connectivity index (χ1) is 9.08. The van der Waals surface area contributed by atoms with E-state index in [1.807, 2.05) is 0 Å². The quantitative estimate of drug-likeness (QED) is 0.678. The molecule has 1 aliphatic heterocycles. The van der Waals surface area contributed by atoms with Crippen LogP contribution in [0, 0.1) is 11.6 Å². The van der Waals surface area contributed by atoms with Crippen LogP contribution in [0.15, 0.2) is 17.1 Å². The van der Waals surface area contributed by atoms with Crippen LogP contribution in [-0.2, 0) is 4.79 Å². The summed E-state index contributed by atoms with van der Waals surface area (Å²) in [6.07, 6.45) is 0. The summed E-state index contributed by atoms with van der Waals surface area (Å²) >= 11 is 4.45. The van der Waals surface area contributed by atoms with Crippen molar-refractivity contribution in [1.29, 1.82) is 0 Å². The molecule has 7 heteroatoms. The fraction of sp³-hybridized carbons (Fsp3) is 0.333. The third kappa shape index (κ3) is 2.47. The van der Waals surface area contributed by atoms with Crippen molar-refractivity contribution in [1.82, 2.24) is 5.32 Å². The van der Waals surface area contributed by atoms with Gasteiger partial charge in [-0.1, -0.05) is 0 Å². The molecule has 19 heavy (non-hydrogen) atoms. The molecule has 1 amide bonds. The third-order valence-electron chi connectivity index (χ3n) is 3.00. The average molecular weight is 284 g/mol. The van der Waals surface area contributed by atoms with Gasteiger partial charge in [0.1, 0.15) is 23.4 Å². The van der Waals surface area contributed by atoms with Gasteiger partial charge in [0.25, 0.3) is 0 Å². The number of carbonyl (C=O) groups is 1. The minimum atomic E-state index is -0.949. The number of methoxy groups -OCH3 is 1. The molecule has 4 nitrogen and oxygen atoms in total. The predicted molar refractivity (Wildman–Crippen MR) is 67.5 cm³/mol. The van der Waals surface area contributed by atoms with Crippen molar-refractivity contribution >= 4 is 23.3 Å². The predicted octanol–water partition coefficient (Wildman–Crippen LogP) is 1.66. The van der Waals surface area contributed by atoms with Gasteiger partial charge < -0.3 is 10.1 Å². The Labute approximate surface area is 113 Å². The molecule has 1 N–H and O–H groups in total. The van der Waals surface area contributed by atoms with Gasteiger partial charge in [-0.25, -0.2) is 13.8 Å². The Morgan fingerprint density at radius 2 is 2.11 bits per heavy atom. The van der Waals surface area contributed by atoms with E-state index in [-0.39, 0.29) is 17.9 Å². The number of isothiocyanates is 1. The number of amides is 1. The Morgan fingerprint density at radius 3 is 2.63 bits per heavy atom. The maximum Gasteiger partial charge on any atom is 0.246 e. The maximum atomic E-state index is 13.9. The molecule has 1 heterocycles. The van der Waals surface area contributed by atoms with Gasteiger partial charge in [0.05, 0.1) is 12.3 Å². The van der Waals surface area contributed by atoms with Gasteiger partial charge >= 0.3 is 0 Å². The lowest BCUT2D eigenvalue weighted by molar-refractivity contribution is -0.120. The number of benzene rings is 1. The summed E-state index contributed by atoms with van der Waals surface area (Å²) in [5, 5.41) is 4.58. The number of hydrogen-bond acceptors (Lipinski definition) is 4. The van der Waals surface area contributed by atoms with Crippen LogP contribution in [0.3, 0.4) is 0 Å². The number of aliphatic imine (C=N–C) groups is 1. The van der Waals surface area contributed by atoms with Crippen molar-refractivity contribution in [2.45, 2.75) is 12.0 Å². The topological polar surface area (TPSA) is 50.7 Å². The molecule has 2 rings (SSSR count). The molecule has 0 saturated carbocycles. The van der Waals surface area contributed by atoms with E-state index in [2.05, 4.69) is 27.7 Å². The third-order valence-corrected chi connectivity index (χ3v) is 3.10. The summed E-state index contributed by atoms with van der Waals surface area (Å²) in [6.45, 7) is 0.101. The zero-order valence-corrected chi connectivity index (χ0v) is 10.8. The largest absolute Gasteiger partial charge is 0.497 e. The molecule has 1 fully saturated rings. The van der Waals surface area contributed by atoms with Crippen LogP contribution in [0.4, 0.5) is 8.78 Å². The zero-order valence-electron chi connectivity index (χ0n) is 9.94. The summed E-state index contributed by atoms with van der Waals surface area (Å²) in [7, 11) is 1.31. The van der Waals surface area contributed by atoms with E-state index in [1.165, 1.54) is 7.11 Å². The molecular weight excluding hydrogens is 274 g/mol. The number of ether oxygens (including phenoxy) is 1. The van der Waals surface area contributed by atoms with Crippen LogP contribution < -0.4 is 10.1 Å². The van der Waals surface area contributed by atoms with Gasteiger partial charge in [-0.3, -0.25) is 4.79 Å².